The third-order valence-electron chi connectivity index (χ3n) is 3.15. The van der Waals surface area contributed by atoms with Crippen molar-refractivity contribution >= 4 is 29.3 Å². The highest BCUT2D eigenvalue weighted by molar-refractivity contribution is 7.99. The molecule has 4 nitrogen and oxygen atoms in total. The van der Waals surface area contributed by atoms with Crippen LogP contribution in [0.15, 0.2) is 52.3 Å². The predicted octanol–water partition coefficient (Wildman–Crippen LogP) is 2.65. The molecular formula is C15H12N2O2S. The van der Waals surface area contributed by atoms with Crippen molar-refractivity contribution in [2.75, 3.05) is 12.8 Å². The van der Waals surface area contributed by atoms with E-state index < -0.39 is 0 Å². The number of benzene rings is 2. The van der Waals surface area contributed by atoms with Crippen molar-refractivity contribution in [1.82, 2.24) is 4.90 Å². The molecule has 2 N–H and O–H groups in total. The zero-order chi connectivity index (χ0) is 14.3. The normalized spacial score (nSPS) is 13.8. The van der Waals surface area contributed by atoms with Gasteiger partial charge in [0.2, 0.25) is 0 Å². The first-order valence-corrected chi connectivity index (χ1v) is 6.88. The summed E-state index contributed by atoms with van der Waals surface area (Å²) in [5, 5.41) is 0. The number of anilines is 1. The lowest BCUT2D eigenvalue weighted by Gasteiger charge is -2.04. The summed E-state index contributed by atoms with van der Waals surface area (Å²) in [6.45, 7) is 0. The smallest absolute Gasteiger partial charge is 0.261 e. The van der Waals surface area contributed by atoms with Crippen molar-refractivity contribution < 1.29 is 9.59 Å². The molecule has 20 heavy (non-hydrogen) atoms. The topological polar surface area (TPSA) is 63.4 Å². The Balaban J connectivity index is 1.95. The Bertz CT molecular complexity index is 728. The molecular weight excluding hydrogens is 272 g/mol. The molecule has 5 heteroatoms. The van der Waals surface area contributed by atoms with E-state index in [1.807, 2.05) is 30.3 Å². The van der Waals surface area contributed by atoms with Crippen LogP contribution < -0.4 is 5.73 Å². The minimum absolute atomic E-state index is 0.245. The van der Waals surface area contributed by atoms with E-state index in [0.29, 0.717) is 16.8 Å². The maximum Gasteiger partial charge on any atom is 0.261 e. The third-order valence-corrected chi connectivity index (χ3v) is 4.13. The van der Waals surface area contributed by atoms with Crippen molar-refractivity contribution in [3.63, 3.8) is 0 Å². The van der Waals surface area contributed by atoms with E-state index in [4.69, 9.17) is 5.73 Å². The second-order valence-electron chi connectivity index (χ2n) is 4.55. The molecule has 2 aromatic carbocycles. The summed E-state index contributed by atoms with van der Waals surface area (Å²) in [6, 6.07) is 12.8. The predicted molar refractivity (Wildman–Crippen MR) is 77.8 cm³/mol. The van der Waals surface area contributed by atoms with Gasteiger partial charge in [0.15, 0.2) is 0 Å². The summed E-state index contributed by atoms with van der Waals surface area (Å²) in [4.78, 5) is 26.8. The molecule has 1 heterocycles. The standard InChI is InChI=1S/C15H12N2O2S/c1-17-14(18)12-6-5-11(8-13(12)15(17)19)20-10-4-2-3-9(16)7-10/h2-8H,16H2,1H3. The molecule has 0 aliphatic carbocycles. The van der Waals surface area contributed by atoms with Crippen LogP contribution in [0.5, 0.6) is 0 Å². The van der Waals surface area contributed by atoms with Crippen LogP contribution in [0.3, 0.4) is 0 Å². The highest BCUT2D eigenvalue weighted by Gasteiger charge is 2.32. The van der Waals surface area contributed by atoms with Gasteiger partial charge >= 0.3 is 0 Å². The molecule has 0 saturated carbocycles. The van der Waals surface area contributed by atoms with Crippen molar-refractivity contribution in [2.45, 2.75) is 9.79 Å². The lowest BCUT2D eigenvalue weighted by atomic mass is 10.1. The van der Waals surface area contributed by atoms with Gasteiger partial charge in [-0.3, -0.25) is 14.5 Å². The van der Waals surface area contributed by atoms with E-state index in [9.17, 15) is 9.59 Å². The Hall–Kier alpha value is -2.27. The number of imide groups is 1. The van der Waals surface area contributed by atoms with Crippen LogP contribution in [0, 0.1) is 0 Å². The fourth-order valence-electron chi connectivity index (χ4n) is 2.12. The van der Waals surface area contributed by atoms with E-state index in [1.165, 1.54) is 18.8 Å². The van der Waals surface area contributed by atoms with Gasteiger partial charge in [-0.15, -0.1) is 0 Å². The van der Waals surface area contributed by atoms with Gasteiger partial charge in [0.1, 0.15) is 0 Å². The number of fused-ring (bicyclic) bond motifs is 1. The zero-order valence-corrected chi connectivity index (χ0v) is 11.6. The minimum atomic E-state index is -0.250. The number of amides is 2. The monoisotopic (exact) mass is 284 g/mol. The molecule has 2 aromatic rings. The van der Waals surface area contributed by atoms with Crippen LogP contribution in [0.2, 0.25) is 0 Å². The number of nitrogen functional groups attached to an aromatic ring is 1. The molecule has 0 bridgehead atoms. The lowest BCUT2D eigenvalue weighted by Crippen LogP contribution is -2.24. The van der Waals surface area contributed by atoms with Crippen molar-refractivity contribution in [2.24, 2.45) is 0 Å². The van der Waals surface area contributed by atoms with Crippen LogP contribution >= 0.6 is 11.8 Å². The van der Waals surface area contributed by atoms with Gasteiger partial charge in [0, 0.05) is 22.5 Å². The van der Waals surface area contributed by atoms with Crippen LogP contribution in [0.25, 0.3) is 0 Å². The number of nitrogens with zero attached hydrogens (tertiary/aromatic N) is 1. The molecule has 0 fully saturated rings. The number of carbonyl (C=O) groups excluding carboxylic acids is 2. The Morgan fingerprint density at radius 2 is 1.65 bits per heavy atom. The van der Waals surface area contributed by atoms with Gasteiger partial charge in [-0.2, -0.15) is 0 Å². The molecule has 100 valence electrons. The average molecular weight is 284 g/mol. The maximum atomic E-state index is 11.9. The summed E-state index contributed by atoms with van der Waals surface area (Å²) in [7, 11) is 1.50. The van der Waals surface area contributed by atoms with Crippen LogP contribution in [-0.2, 0) is 0 Å². The van der Waals surface area contributed by atoms with Gasteiger partial charge in [-0.25, -0.2) is 0 Å². The number of nitrogens with two attached hydrogens (primary N) is 1. The van der Waals surface area contributed by atoms with Crippen molar-refractivity contribution in [3.8, 4) is 0 Å². The van der Waals surface area contributed by atoms with Gasteiger partial charge in [-0.1, -0.05) is 17.8 Å². The number of hydrogen-bond acceptors (Lipinski definition) is 4. The van der Waals surface area contributed by atoms with Crippen LogP contribution in [-0.4, -0.2) is 23.8 Å². The quantitative estimate of drug-likeness (QED) is 0.680. The first-order valence-electron chi connectivity index (χ1n) is 6.06. The summed E-state index contributed by atoms with van der Waals surface area (Å²) in [6.07, 6.45) is 0. The molecule has 0 unspecified atom stereocenters. The lowest BCUT2D eigenvalue weighted by molar-refractivity contribution is 0.0693. The Morgan fingerprint density at radius 1 is 0.950 bits per heavy atom. The van der Waals surface area contributed by atoms with Gasteiger partial charge in [0.05, 0.1) is 11.1 Å². The first kappa shape index (κ1) is 12.7. The largest absolute Gasteiger partial charge is 0.399 e. The highest BCUT2D eigenvalue weighted by atomic mass is 32.2. The van der Waals surface area contributed by atoms with E-state index >= 15 is 0 Å². The molecule has 0 spiro atoms. The second kappa shape index (κ2) is 4.68. The number of rotatable bonds is 2. The average Bonchev–Trinajstić information content (AvgIpc) is 2.64. The number of hydrogen-bond donors (Lipinski definition) is 1. The minimum Gasteiger partial charge on any atom is -0.399 e. The van der Waals surface area contributed by atoms with Crippen molar-refractivity contribution in [1.29, 1.82) is 0 Å². The second-order valence-corrected chi connectivity index (χ2v) is 5.70. The number of carbonyl (C=O) groups is 2. The van der Waals surface area contributed by atoms with Crippen LogP contribution in [0.4, 0.5) is 5.69 Å². The SMILES string of the molecule is CN1C(=O)c2ccc(Sc3cccc(N)c3)cc2C1=O. The third kappa shape index (κ3) is 2.06. The zero-order valence-electron chi connectivity index (χ0n) is 10.8. The molecule has 2 amide bonds. The van der Waals surface area contributed by atoms with Gasteiger partial charge in [-0.05, 0) is 36.4 Å². The van der Waals surface area contributed by atoms with E-state index in [1.54, 1.807) is 12.1 Å². The summed E-state index contributed by atoms with van der Waals surface area (Å²) < 4.78 is 0. The molecule has 1 aliphatic rings. The fourth-order valence-corrected chi connectivity index (χ4v) is 3.04. The summed E-state index contributed by atoms with van der Waals surface area (Å²) >= 11 is 1.51. The summed E-state index contributed by atoms with van der Waals surface area (Å²) in [5.74, 6) is -0.495. The molecule has 0 saturated heterocycles. The van der Waals surface area contributed by atoms with Gasteiger partial charge in [0.25, 0.3) is 11.8 Å². The molecule has 0 radical (unpaired) electrons. The molecule has 1 aliphatic heterocycles. The van der Waals surface area contributed by atoms with E-state index in [0.717, 1.165) is 14.7 Å². The summed E-state index contributed by atoms with van der Waals surface area (Å²) in [5.41, 5.74) is 7.37. The first-order chi connectivity index (χ1) is 9.56. The highest BCUT2D eigenvalue weighted by Crippen LogP contribution is 2.32. The Morgan fingerprint density at radius 3 is 2.40 bits per heavy atom. The Kier molecular flexibility index (Phi) is 2.99. The molecule has 0 atom stereocenters. The maximum absolute atomic E-state index is 11.9. The van der Waals surface area contributed by atoms with E-state index in [-0.39, 0.29) is 11.8 Å². The fraction of sp³-hybridized carbons (Fsp3) is 0.0667. The van der Waals surface area contributed by atoms with Gasteiger partial charge < -0.3 is 5.73 Å². The van der Waals surface area contributed by atoms with Crippen LogP contribution in [0.1, 0.15) is 20.7 Å². The Labute approximate surface area is 120 Å². The molecule has 3 rings (SSSR count). The van der Waals surface area contributed by atoms with Crippen molar-refractivity contribution in [3.05, 3.63) is 53.6 Å². The van der Waals surface area contributed by atoms with E-state index in [2.05, 4.69) is 0 Å². The molecule has 0 aromatic heterocycles.